The molecule has 2 heterocycles. The third kappa shape index (κ3) is 3.81. The second-order valence-electron chi connectivity index (χ2n) is 8.79. The van der Waals surface area contributed by atoms with Gasteiger partial charge >= 0.3 is 0 Å². The number of nitrogens with one attached hydrogen (secondary N) is 1. The van der Waals surface area contributed by atoms with Gasteiger partial charge in [0, 0.05) is 22.7 Å². The van der Waals surface area contributed by atoms with Crippen molar-refractivity contribution in [2.75, 3.05) is 5.32 Å². The first-order valence-corrected chi connectivity index (χ1v) is 10.6. The van der Waals surface area contributed by atoms with Crippen LogP contribution >= 0.6 is 11.6 Å². The van der Waals surface area contributed by atoms with Crippen LogP contribution in [-0.4, -0.2) is 26.0 Å². The summed E-state index contributed by atoms with van der Waals surface area (Å²) in [5.41, 5.74) is 3.54. The van der Waals surface area contributed by atoms with Gasteiger partial charge < -0.3 is 10.1 Å². The first-order chi connectivity index (χ1) is 14.9. The lowest BCUT2D eigenvalue weighted by atomic mass is 9.73. The van der Waals surface area contributed by atoms with Crippen molar-refractivity contribution in [2.24, 2.45) is 5.41 Å². The van der Waals surface area contributed by atoms with Gasteiger partial charge in [-0.3, -0.25) is 4.79 Å². The quantitative estimate of drug-likeness (QED) is 0.646. The second kappa shape index (κ2) is 7.50. The highest BCUT2D eigenvalue weighted by Crippen LogP contribution is 2.45. The molecule has 158 valence electrons. The molecule has 0 radical (unpaired) electrons. The molecule has 1 N–H and O–H groups in total. The van der Waals surface area contributed by atoms with Gasteiger partial charge in [0.05, 0.1) is 0 Å². The fourth-order valence-corrected chi connectivity index (χ4v) is 4.40. The van der Waals surface area contributed by atoms with E-state index in [-0.39, 0.29) is 17.2 Å². The number of ether oxygens (including phenoxy) is 1. The summed E-state index contributed by atoms with van der Waals surface area (Å²) in [6.07, 6.45) is 1.28. The van der Waals surface area contributed by atoms with Gasteiger partial charge in [-0.2, -0.15) is 4.68 Å². The van der Waals surface area contributed by atoms with Crippen LogP contribution in [0.25, 0.3) is 0 Å². The Morgan fingerprint density at radius 3 is 2.61 bits per heavy atom. The molecule has 0 saturated carbocycles. The largest absolute Gasteiger partial charge is 0.489 e. The van der Waals surface area contributed by atoms with Crippen LogP contribution in [0.1, 0.15) is 43.9 Å². The number of allylic oxidation sites excluding steroid dienone is 2. The van der Waals surface area contributed by atoms with Crippen molar-refractivity contribution in [1.29, 1.82) is 0 Å². The number of carbonyl (C=O) groups is 1. The predicted octanol–water partition coefficient (Wildman–Crippen LogP) is 4.56. The number of hydrogen-bond donors (Lipinski definition) is 1. The number of benzene rings is 2. The maximum Gasteiger partial charge on any atom is 0.248 e. The van der Waals surface area contributed by atoms with E-state index in [0.29, 0.717) is 24.0 Å². The van der Waals surface area contributed by atoms with Crippen LogP contribution in [0.2, 0.25) is 5.02 Å². The van der Waals surface area contributed by atoms with Crippen molar-refractivity contribution in [3.8, 4) is 5.75 Å². The van der Waals surface area contributed by atoms with E-state index < -0.39 is 0 Å². The van der Waals surface area contributed by atoms with Gasteiger partial charge in [0.2, 0.25) is 5.95 Å². The third-order valence-corrected chi connectivity index (χ3v) is 5.96. The normalized spacial score (nSPS) is 19.5. The van der Waals surface area contributed by atoms with Gasteiger partial charge in [0.15, 0.2) is 5.78 Å². The van der Waals surface area contributed by atoms with Crippen molar-refractivity contribution in [1.82, 2.24) is 20.2 Å². The van der Waals surface area contributed by atoms with Gasteiger partial charge in [-0.05, 0) is 57.7 Å². The van der Waals surface area contributed by atoms with Crippen molar-refractivity contribution >= 4 is 23.3 Å². The molecule has 0 spiro atoms. The Bertz CT molecular complexity index is 1170. The monoisotopic (exact) mass is 435 g/mol. The minimum absolute atomic E-state index is 0.0948. The number of fused-ring (bicyclic) bond motifs is 1. The van der Waals surface area contributed by atoms with Crippen LogP contribution in [0.5, 0.6) is 5.75 Å². The van der Waals surface area contributed by atoms with Gasteiger partial charge in [-0.25, -0.2) is 0 Å². The molecule has 8 heteroatoms. The molecule has 5 rings (SSSR count). The summed E-state index contributed by atoms with van der Waals surface area (Å²) in [5, 5.41) is 16.0. The number of Topliss-reactive ketones (excluding diaryl/α,β-unsaturated/α-hetero) is 1. The molecule has 0 saturated heterocycles. The Balaban J connectivity index is 1.42. The summed E-state index contributed by atoms with van der Waals surface area (Å²) >= 11 is 5.93. The fraction of sp³-hybridized carbons (Fsp3) is 0.304. The average Bonchev–Trinajstić information content (AvgIpc) is 3.19. The van der Waals surface area contributed by atoms with Crippen LogP contribution in [0.15, 0.2) is 59.8 Å². The van der Waals surface area contributed by atoms with Crippen LogP contribution in [0.3, 0.4) is 0 Å². The summed E-state index contributed by atoms with van der Waals surface area (Å²) in [6, 6.07) is 15.0. The number of aromatic nitrogens is 4. The minimum atomic E-state index is -0.352. The molecule has 7 nitrogen and oxygen atoms in total. The molecule has 2 aromatic carbocycles. The first kappa shape index (κ1) is 19.8. The zero-order chi connectivity index (χ0) is 21.6. The topological polar surface area (TPSA) is 81.9 Å². The van der Waals surface area contributed by atoms with E-state index in [9.17, 15) is 4.79 Å². The maximum absolute atomic E-state index is 13.1. The Kier molecular flexibility index (Phi) is 4.78. The average molecular weight is 436 g/mol. The molecule has 2 aliphatic rings. The van der Waals surface area contributed by atoms with Crippen molar-refractivity contribution in [3.63, 3.8) is 0 Å². The number of ketones is 1. The van der Waals surface area contributed by atoms with Crippen LogP contribution in [0.4, 0.5) is 5.95 Å². The van der Waals surface area contributed by atoms with E-state index in [1.807, 2.05) is 48.5 Å². The molecule has 0 amide bonds. The first-order valence-electron chi connectivity index (χ1n) is 10.2. The van der Waals surface area contributed by atoms with E-state index in [4.69, 9.17) is 16.3 Å². The fourth-order valence-electron chi connectivity index (χ4n) is 4.27. The maximum atomic E-state index is 13.1. The number of anilines is 1. The molecule has 1 aliphatic carbocycles. The second-order valence-corrected chi connectivity index (χ2v) is 9.23. The van der Waals surface area contributed by atoms with E-state index >= 15 is 0 Å². The zero-order valence-corrected chi connectivity index (χ0v) is 18.1. The summed E-state index contributed by atoms with van der Waals surface area (Å²) in [6.45, 7) is 4.66. The number of nitrogens with zero attached hydrogens (tertiary/aromatic N) is 4. The Morgan fingerprint density at radius 2 is 1.87 bits per heavy atom. The van der Waals surface area contributed by atoms with Gasteiger partial charge in [-0.15, -0.1) is 0 Å². The van der Waals surface area contributed by atoms with Crippen molar-refractivity contribution < 1.29 is 9.53 Å². The summed E-state index contributed by atoms with van der Waals surface area (Å²) in [5.74, 6) is 1.43. The number of hydrogen-bond acceptors (Lipinski definition) is 6. The van der Waals surface area contributed by atoms with Crippen molar-refractivity contribution in [3.05, 3.63) is 76.0 Å². The lowest BCUT2D eigenvalue weighted by molar-refractivity contribution is -0.118. The van der Waals surface area contributed by atoms with E-state index in [0.717, 1.165) is 34.6 Å². The summed E-state index contributed by atoms with van der Waals surface area (Å²) < 4.78 is 7.58. The van der Waals surface area contributed by atoms with Gasteiger partial charge in [0.25, 0.3) is 0 Å². The molecular weight excluding hydrogens is 414 g/mol. The molecule has 1 aliphatic heterocycles. The molecule has 0 fully saturated rings. The predicted molar refractivity (Wildman–Crippen MR) is 117 cm³/mol. The molecule has 31 heavy (non-hydrogen) atoms. The Hall–Kier alpha value is -3.19. The zero-order valence-electron chi connectivity index (χ0n) is 17.3. The lowest BCUT2D eigenvalue weighted by Gasteiger charge is -2.37. The third-order valence-electron chi connectivity index (χ3n) is 5.71. The molecule has 1 atom stereocenters. The van der Waals surface area contributed by atoms with Crippen LogP contribution < -0.4 is 10.1 Å². The highest BCUT2D eigenvalue weighted by molar-refractivity contribution is 6.30. The number of rotatable bonds is 4. The standard InChI is InChI=1S/C23H22ClN5O2/c1-23(2)11-18-20(19(30)12-23)21(29-22(25-18)26-27-28-29)15-5-9-17(10-6-15)31-13-14-3-7-16(24)8-4-14/h3-10,21H,11-13H2,1-2H3,(H,25,26,28). The highest BCUT2D eigenvalue weighted by Gasteiger charge is 2.41. The van der Waals surface area contributed by atoms with Gasteiger partial charge in [0.1, 0.15) is 18.4 Å². The number of tetrazole rings is 1. The van der Waals surface area contributed by atoms with E-state index in [1.54, 1.807) is 4.68 Å². The van der Waals surface area contributed by atoms with Gasteiger partial charge in [-0.1, -0.05) is 54.8 Å². The van der Waals surface area contributed by atoms with Crippen LogP contribution in [-0.2, 0) is 11.4 Å². The number of halogens is 1. The van der Waals surface area contributed by atoms with E-state index in [2.05, 4.69) is 34.7 Å². The highest BCUT2D eigenvalue weighted by atomic mass is 35.5. The van der Waals surface area contributed by atoms with Crippen molar-refractivity contribution in [2.45, 2.75) is 39.3 Å². The number of carbonyl (C=O) groups excluding carboxylic acids is 1. The molecule has 1 aromatic heterocycles. The Labute approximate surface area is 185 Å². The SMILES string of the molecule is CC1(C)CC(=O)C2=C(C1)Nc1nnnn1C2c1ccc(OCc2ccc(Cl)cc2)cc1. The minimum Gasteiger partial charge on any atom is -0.489 e. The molecule has 1 unspecified atom stereocenters. The Morgan fingerprint density at radius 1 is 1.13 bits per heavy atom. The molecular formula is C23H22ClN5O2. The molecule has 3 aromatic rings. The lowest BCUT2D eigenvalue weighted by Crippen LogP contribution is -2.36. The molecule has 0 bridgehead atoms. The van der Waals surface area contributed by atoms with E-state index in [1.165, 1.54) is 0 Å². The van der Waals surface area contributed by atoms with Crippen LogP contribution in [0, 0.1) is 5.41 Å². The summed E-state index contributed by atoms with van der Waals surface area (Å²) in [4.78, 5) is 13.1. The summed E-state index contributed by atoms with van der Waals surface area (Å²) in [7, 11) is 0. The smallest absolute Gasteiger partial charge is 0.248 e.